The summed E-state index contributed by atoms with van der Waals surface area (Å²) in [6.07, 6.45) is -1.91. The second kappa shape index (κ2) is 5.90. The Hall–Kier alpha value is -2.58. The number of hydrogen-bond donors (Lipinski definition) is 1. The van der Waals surface area contributed by atoms with Gasteiger partial charge < -0.3 is 14.8 Å². The number of halogens is 3. The number of aromatic nitrogens is 3. The summed E-state index contributed by atoms with van der Waals surface area (Å²) in [5, 5.41) is 0. The molecule has 1 aliphatic rings. The van der Waals surface area contributed by atoms with Crippen molar-refractivity contribution in [1.29, 1.82) is 0 Å². The quantitative estimate of drug-likeness (QED) is 0.907. The molecule has 0 atom stereocenters. The summed E-state index contributed by atoms with van der Waals surface area (Å²) in [5.74, 6) is 0.272. The third kappa shape index (κ3) is 3.43. The number of nitrogens with one attached hydrogen (secondary N) is 1. The molecule has 1 fully saturated rings. The molecule has 9 heteroatoms. The standard InChI is InChI=1S/C14H14F3N5O/c15-14(16,17)11-7-12(20-9-19-11)22-5-3-21(4-6-22)10-1-2-13(23)18-8-10/h1-2,7-9H,3-6H2,(H,18,23). The minimum Gasteiger partial charge on any atom is -0.367 e. The van der Waals surface area contributed by atoms with Crippen molar-refractivity contribution < 1.29 is 13.2 Å². The van der Waals surface area contributed by atoms with E-state index in [1.165, 1.54) is 6.07 Å². The molecule has 0 spiro atoms. The molecule has 1 saturated heterocycles. The Morgan fingerprint density at radius 3 is 2.35 bits per heavy atom. The summed E-state index contributed by atoms with van der Waals surface area (Å²) < 4.78 is 38.1. The fraction of sp³-hybridized carbons (Fsp3) is 0.357. The monoisotopic (exact) mass is 325 g/mol. The number of H-pyrrole nitrogens is 1. The van der Waals surface area contributed by atoms with Crippen LogP contribution in [0.25, 0.3) is 0 Å². The molecule has 1 aliphatic heterocycles. The van der Waals surface area contributed by atoms with Gasteiger partial charge in [0, 0.05) is 44.5 Å². The minimum atomic E-state index is -4.48. The van der Waals surface area contributed by atoms with Crippen LogP contribution in [0.5, 0.6) is 0 Å². The average molecular weight is 325 g/mol. The predicted molar refractivity (Wildman–Crippen MR) is 78.5 cm³/mol. The van der Waals surface area contributed by atoms with Crippen molar-refractivity contribution in [2.45, 2.75) is 6.18 Å². The molecule has 2 aromatic heterocycles. The Kier molecular flexibility index (Phi) is 3.93. The zero-order valence-electron chi connectivity index (χ0n) is 12.0. The van der Waals surface area contributed by atoms with Crippen molar-refractivity contribution in [3.8, 4) is 0 Å². The van der Waals surface area contributed by atoms with Gasteiger partial charge >= 0.3 is 6.18 Å². The second-order valence-electron chi connectivity index (χ2n) is 5.14. The van der Waals surface area contributed by atoms with Gasteiger partial charge in [-0.05, 0) is 6.07 Å². The number of rotatable bonds is 2. The van der Waals surface area contributed by atoms with Crippen molar-refractivity contribution in [3.05, 3.63) is 46.8 Å². The van der Waals surface area contributed by atoms with Crippen molar-refractivity contribution in [3.63, 3.8) is 0 Å². The summed E-state index contributed by atoms with van der Waals surface area (Å²) in [5.41, 5.74) is -0.235. The van der Waals surface area contributed by atoms with E-state index in [1.54, 1.807) is 17.2 Å². The first-order valence-corrected chi connectivity index (χ1v) is 7.01. The van der Waals surface area contributed by atoms with E-state index in [-0.39, 0.29) is 11.4 Å². The summed E-state index contributed by atoms with van der Waals surface area (Å²) in [6.45, 7) is 2.32. The normalized spacial score (nSPS) is 15.8. The van der Waals surface area contributed by atoms with Crippen LogP contribution in [0.3, 0.4) is 0 Å². The van der Waals surface area contributed by atoms with Gasteiger partial charge in [-0.2, -0.15) is 13.2 Å². The van der Waals surface area contributed by atoms with Crippen molar-refractivity contribution in [1.82, 2.24) is 15.0 Å². The maximum absolute atomic E-state index is 12.7. The van der Waals surface area contributed by atoms with Crippen molar-refractivity contribution in [2.75, 3.05) is 36.0 Å². The number of anilines is 2. The lowest BCUT2D eigenvalue weighted by Crippen LogP contribution is -2.47. The Morgan fingerprint density at radius 2 is 1.74 bits per heavy atom. The van der Waals surface area contributed by atoms with Crippen LogP contribution in [0.15, 0.2) is 35.5 Å². The van der Waals surface area contributed by atoms with E-state index >= 15 is 0 Å². The van der Waals surface area contributed by atoms with Gasteiger partial charge in [-0.3, -0.25) is 4.79 Å². The molecular weight excluding hydrogens is 311 g/mol. The van der Waals surface area contributed by atoms with Gasteiger partial charge in [0.1, 0.15) is 17.8 Å². The van der Waals surface area contributed by atoms with E-state index in [0.717, 1.165) is 18.1 Å². The van der Waals surface area contributed by atoms with E-state index in [2.05, 4.69) is 19.9 Å². The Bertz CT molecular complexity index is 717. The maximum atomic E-state index is 12.7. The van der Waals surface area contributed by atoms with Crippen LogP contribution >= 0.6 is 0 Å². The molecule has 0 amide bonds. The van der Waals surface area contributed by atoms with Gasteiger partial charge in [0.25, 0.3) is 0 Å². The highest BCUT2D eigenvalue weighted by atomic mass is 19.4. The zero-order chi connectivity index (χ0) is 16.4. The summed E-state index contributed by atoms with van der Waals surface area (Å²) in [7, 11) is 0. The number of aromatic amines is 1. The SMILES string of the molecule is O=c1ccc(N2CCN(c3cc(C(F)(F)F)ncn3)CC2)c[nH]1. The molecule has 2 aromatic rings. The van der Waals surface area contributed by atoms with Gasteiger partial charge in [-0.1, -0.05) is 0 Å². The van der Waals surface area contributed by atoms with Gasteiger partial charge in [-0.15, -0.1) is 0 Å². The first kappa shape index (κ1) is 15.3. The molecule has 3 heterocycles. The molecule has 0 unspecified atom stereocenters. The Labute approximate surface area is 129 Å². The summed E-state index contributed by atoms with van der Waals surface area (Å²) in [4.78, 5) is 24.7. The van der Waals surface area contributed by atoms with Crippen LogP contribution in [-0.2, 0) is 6.18 Å². The van der Waals surface area contributed by atoms with Gasteiger partial charge in [-0.25, -0.2) is 9.97 Å². The van der Waals surface area contributed by atoms with Gasteiger partial charge in [0.2, 0.25) is 5.56 Å². The van der Waals surface area contributed by atoms with Gasteiger partial charge in [0.15, 0.2) is 0 Å². The predicted octanol–water partition coefficient (Wildman–Crippen LogP) is 1.51. The highest BCUT2D eigenvalue weighted by molar-refractivity contribution is 5.47. The highest BCUT2D eigenvalue weighted by Gasteiger charge is 2.33. The third-order valence-corrected chi connectivity index (χ3v) is 3.68. The number of alkyl halides is 3. The minimum absolute atomic E-state index is 0.173. The number of hydrogen-bond acceptors (Lipinski definition) is 5. The van der Waals surface area contributed by atoms with Crippen molar-refractivity contribution in [2.24, 2.45) is 0 Å². The highest BCUT2D eigenvalue weighted by Crippen LogP contribution is 2.29. The molecular formula is C14H14F3N5O. The first-order chi connectivity index (χ1) is 10.9. The topological polar surface area (TPSA) is 65.1 Å². The molecule has 0 bridgehead atoms. The molecule has 0 saturated carbocycles. The Morgan fingerprint density at radius 1 is 1.04 bits per heavy atom. The lowest BCUT2D eigenvalue weighted by atomic mass is 10.2. The number of pyridine rings is 1. The van der Waals surface area contributed by atoms with E-state index in [9.17, 15) is 18.0 Å². The largest absolute Gasteiger partial charge is 0.433 e. The van der Waals surface area contributed by atoms with Gasteiger partial charge in [0.05, 0.1) is 5.69 Å². The third-order valence-electron chi connectivity index (χ3n) is 3.68. The molecule has 0 aliphatic carbocycles. The molecule has 1 N–H and O–H groups in total. The molecule has 23 heavy (non-hydrogen) atoms. The average Bonchev–Trinajstić information content (AvgIpc) is 2.55. The summed E-state index contributed by atoms with van der Waals surface area (Å²) in [6, 6.07) is 4.14. The zero-order valence-corrected chi connectivity index (χ0v) is 12.0. The van der Waals surface area contributed by atoms with Crippen LogP contribution in [0.4, 0.5) is 24.7 Å². The number of nitrogens with zero attached hydrogens (tertiary/aromatic N) is 4. The molecule has 6 nitrogen and oxygen atoms in total. The van der Waals surface area contributed by atoms with Crippen LogP contribution in [-0.4, -0.2) is 41.1 Å². The maximum Gasteiger partial charge on any atom is 0.433 e. The van der Waals surface area contributed by atoms with Crippen molar-refractivity contribution >= 4 is 11.5 Å². The van der Waals surface area contributed by atoms with Crippen LogP contribution < -0.4 is 15.4 Å². The first-order valence-electron chi connectivity index (χ1n) is 7.01. The summed E-state index contributed by atoms with van der Waals surface area (Å²) >= 11 is 0. The van der Waals surface area contributed by atoms with E-state index in [1.807, 2.05) is 0 Å². The molecule has 3 rings (SSSR count). The lowest BCUT2D eigenvalue weighted by Gasteiger charge is -2.36. The fourth-order valence-corrected chi connectivity index (χ4v) is 2.47. The lowest BCUT2D eigenvalue weighted by molar-refractivity contribution is -0.141. The van der Waals surface area contributed by atoms with Crippen LogP contribution in [0, 0.1) is 0 Å². The number of piperazine rings is 1. The smallest absolute Gasteiger partial charge is 0.367 e. The van der Waals surface area contributed by atoms with Crippen LogP contribution in [0.1, 0.15) is 5.69 Å². The van der Waals surface area contributed by atoms with E-state index < -0.39 is 11.9 Å². The molecule has 0 radical (unpaired) electrons. The Balaban J connectivity index is 1.69. The second-order valence-corrected chi connectivity index (χ2v) is 5.14. The molecule has 122 valence electrons. The fourth-order valence-electron chi connectivity index (χ4n) is 2.47. The van der Waals surface area contributed by atoms with E-state index in [4.69, 9.17) is 0 Å². The van der Waals surface area contributed by atoms with Crippen LogP contribution in [0.2, 0.25) is 0 Å². The molecule has 0 aromatic carbocycles. The van der Waals surface area contributed by atoms with E-state index in [0.29, 0.717) is 26.2 Å².